The first-order chi connectivity index (χ1) is 9.22. The number of benzene rings is 1. The lowest BCUT2D eigenvalue weighted by Crippen LogP contribution is -2.18. The molecule has 0 fully saturated rings. The number of aliphatic carboxylic acids is 1. The Morgan fingerprint density at radius 1 is 1.35 bits per heavy atom. The van der Waals surface area contributed by atoms with Crippen LogP contribution in [0, 0.1) is 5.82 Å². The Bertz CT molecular complexity index is 568. The van der Waals surface area contributed by atoms with E-state index in [0.29, 0.717) is 0 Å². The lowest BCUT2D eigenvalue weighted by atomic mass is 10.0. The lowest BCUT2D eigenvalue weighted by Gasteiger charge is -2.13. The van der Waals surface area contributed by atoms with Gasteiger partial charge in [-0.3, -0.25) is 9.59 Å². The summed E-state index contributed by atoms with van der Waals surface area (Å²) in [6.07, 6.45) is -1.17. The maximum Gasteiger partial charge on any atom is 0.372 e. The molecule has 1 rings (SSSR count). The van der Waals surface area contributed by atoms with Crippen LogP contribution in [-0.4, -0.2) is 28.7 Å². The molecule has 20 heavy (non-hydrogen) atoms. The Kier molecular flexibility index (Phi) is 5.21. The Hall–Kier alpha value is -1.95. The number of carboxylic acid groups (broad SMARTS) is 1. The molecule has 0 heterocycles. The number of halogens is 2. The number of ketones is 2. The van der Waals surface area contributed by atoms with Crippen LogP contribution < -0.4 is 4.74 Å². The van der Waals surface area contributed by atoms with Gasteiger partial charge in [0.1, 0.15) is 11.6 Å². The van der Waals surface area contributed by atoms with E-state index in [4.69, 9.17) is 21.4 Å². The monoisotopic (exact) mass is 302 g/mol. The summed E-state index contributed by atoms with van der Waals surface area (Å²) in [4.78, 5) is 33.1. The van der Waals surface area contributed by atoms with E-state index in [1.165, 1.54) is 0 Å². The van der Waals surface area contributed by atoms with E-state index in [1.54, 1.807) is 13.8 Å². The Labute approximate surface area is 119 Å². The first-order valence-corrected chi connectivity index (χ1v) is 6.05. The molecule has 0 saturated carbocycles. The zero-order valence-electron chi connectivity index (χ0n) is 10.8. The molecule has 1 aromatic carbocycles. The first kappa shape index (κ1) is 16.1. The van der Waals surface area contributed by atoms with Gasteiger partial charge < -0.3 is 9.84 Å². The molecule has 0 atom stereocenters. The van der Waals surface area contributed by atoms with Crippen molar-refractivity contribution in [1.82, 2.24) is 0 Å². The highest BCUT2D eigenvalue weighted by Gasteiger charge is 2.22. The molecule has 0 aliphatic rings. The molecule has 0 saturated heterocycles. The Morgan fingerprint density at radius 3 is 2.45 bits per heavy atom. The van der Waals surface area contributed by atoms with Gasteiger partial charge in [0.25, 0.3) is 0 Å². The minimum Gasteiger partial charge on any atom is -0.489 e. The largest absolute Gasteiger partial charge is 0.489 e. The quantitative estimate of drug-likeness (QED) is 0.496. The van der Waals surface area contributed by atoms with Gasteiger partial charge in [0.15, 0.2) is 5.78 Å². The molecule has 0 amide bonds. The molecule has 0 unspecified atom stereocenters. The van der Waals surface area contributed by atoms with Gasteiger partial charge in [-0.1, -0.05) is 11.6 Å². The highest BCUT2D eigenvalue weighted by atomic mass is 35.5. The number of Topliss-reactive ketones (excluding diaryl/α,β-unsaturated/α-hetero) is 2. The molecule has 108 valence electrons. The molecule has 0 spiro atoms. The summed E-state index contributed by atoms with van der Waals surface area (Å²) >= 11 is 5.77. The minimum atomic E-state index is -1.74. The number of hydrogen-bond donors (Lipinski definition) is 1. The van der Waals surface area contributed by atoms with Crippen molar-refractivity contribution in [3.63, 3.8) is 0 Å². The van der Waals surface area contributed by atoms with Gasteiger partial charge in [-0.25, -0.2) is 9.18 Å². The molecule has 0 bridgehead atoms. The molecule has 1 aromatic rings. The van der Waals surface area contributed by atoms with Crippen molar-refractivity contribution in [3.8, 4) is 5.75 Å². The molecule has 0 aromatic heterocycles. The number of carboxylic acids is 1. The second kappa shape index (κ2) is 6.47. The van der Waals surface area contributed by atoms with E-state index in [1.807, 2.05) is 0 Å². The Balaban J connectivity index is 3.08. The summed E-state index contributed by atoms with van der Waals surface area (Å²) in [6, 6.07) is 1.95. The van der Waals surface area contributed by atoms with Crippen LogP contribution >= 0.6 is 11.6 Å². The van der Waals surface area contributed by atoms with Gasteiger partial charge in [0.2, 0.25) is 5.78 Å². The van der Waals surface area contributed by atoms with Crippen LogP contribution in [-0.2, 0) is 9.59 Å². The zero-order chi connectivity index (χ0) is 15.4. The smallest absolute Gasteiger partial charge is 0.372 e. The molecule has 0 aliphatic carbocycles. The van der Waals surface area contributed by atoms with Crippen molar-refractivity contribution in [2.24, 2.45) is 0 Å². The maximum atomic E-state index is 13.7. The predicted octanol–water partition coefficient (Wildman–Crippen LogP) is 2.49. The predicted molar refractivity (Wildman–Crippen MR) is 68.8 cm³/mol. The number of carbonyl (C=O) groups excluding carboxylic acids is 2. The summed E-state index contributed by atoms with van der Waals surface area (Å²) in [6.45, 7) is 3.43. The third-order valence-electron chi connectivity index (χ3n) is 2.24. The SMILES string of the molecule is CC(C)Oc1cc(C(=O)CC(=O)C(=O)O)c(F)cc1Cl. The van der Waals surface area contributed by atoms with Gasteiger partial charge in [0.05, 0.1) is 23.1 Å². The van der Waals surface area contributed by atoms with Crippen LogP contribution in [0.15, 0.2) is 12.1 Å². The number of ether oxygens (including phenoxy) is 1. The van der Waals surface area contributed by atoms with Crippen molar-refractivity contribution in [1.29, 1.82) is 0 Å². The van der Waals surface area contributed by atoms with Crippen LogP contribution in [0.2, 0.25) is 5.02 Å². The van der Waals surface area contributed by atoms with E-state index in [-0.39, 0.29) is 16.9 Å². The van der Waals surface area contributed by atoms with E-state index < -0.39 is 35.3 Å². The topological polar surface area (TPSA) is 80.7 Å². The van der Waals surface area contributed by atoms with E-state index in [9.17, 15) is 18.8 Å². The third-order valence-corrected chi connectivity index (χ3v) is 2.54. The van der Waals surface area contributed by atoms with Crippen LogP contribution in [0.25, 0.3) is 0 Å². The van der Waals surface area contributed by atoms with Crippen molar-refractivity contribution in [2.45, 2.75) is 26.4 Å². The van der Waals surface area contributed by atoms with Crippen molar-refractivity contribution in [3.05, 3.63) is 28.5 Å². The molecule has 0 aliphatic heterocycles. The van der Waals surface area contributed by atoms with Crippen molar-refractivity contribution >= 4 is 29.1 Å². The van der Waals surface area contributed by atoms with Crippen LogP contribution in [0.1, 0.15) is 30.6 Å². The summed E-state index contributed by atoms with van der Waals surface area (Å²) in [5.74, 6) is -4.84. The van der Waals surface area contributed by atoms with E-state index in [2.05, 4.69) is 0 Å². The molecule has 0 radical (unpaired) electrons. The molecule has 7 heteroatoms. The van der Waals surface area contributed by atoms with Crippen molar-refractivity contribution < 1.29 is 28.6 Å². The fraction of sp³-hybridized carbons (Fsp3) is 0.308. The highest BCUT2D eigenvalue weighted by molar-refractivity contribution is 6.37. The van der Waals surface area contributed by atoms with E-state index in [0.717, 1.165) is 12.1 Å². The third kappa shape index (κ3) is 4.03. The molecule has 5 nitrogen and oxygen atoms in total. The average molecular weight is 303 g/mol. The number of hydrogen-bond acceptors (Lipinski definition) is 4. The maximum absolute atomic E-state index is 13.7. The standard InChI is InChI=1S/C13H12ClFO5/c1-6(2)20-12-3-7(9(15)4-8(12)14)10(16)5-11(17)13(18)19/h3-4,6H,5H2,1-2H3,(H,18,19). The Morgan fingerprint density at radius 2 is 1.95 bits per heavy atom. The van der Waals surface area contributed by atoms with Crippen LogP contribution in [0.4, 0.5) is 4.39 Å². The van der Waals surface area contributed by atoms with Gasteiger partial charge in [-0.05, 0) is 26.0 Å². The summed E-state index contributed by atoms with van der Waals surface area (Å²) < 4.78 is 18.9. The van der Waals surface area contributed by atoms with E-state index >= 15 is 0 Å². The zero-order valence-corrected chi connectivity index (χ0v) is 11.5. The fourth-order valence-electron chi connectivity index (χ4n) is 1.40. The lowest BCUT2D eigenvalue weighted by molar-refractivity contribution is -0.148. The summed E-state index contributed by atoms with van der Waals surface area (Å²) in [7, 11) is 0. The van der Waals surface area contributed by atoms with Gasteiger partial charge >= 0.3 is 5.97 Å². The van der Waals surface area contributed by atoms with Crippen LogP contribution in [0.5, 0.6) is 5.75 Å². The second-order valence-corrected chi connectivity index (χ2v) is 4.66. The minimum absolute atomic E-state index is 0.0164. The van der Waals surface area contributed by atoms with Gasteiger partial charge in [-0.2, -0.15) is 0 Å². The fourth-order valence-corrected chi connectivity index (χ4v) is 1.60. The molecule has 1 N–H and O–H groups in total. The number of carbonyl (C=O) groups is 3. The van der Waals surface area contributed by atoms with Crippen LogP contribution in [0.3, 0.4) is 0 Å². The normalized spacial score (nSPS) is 10.4. The van der Waals surface area contributed by atoms with Gasteiger partial charge in [-0.15, -0.1) is 0 Å². The summed E-state index contributed by atoms with van der Waals surface area (Å²) in [5, 5.41) is 8.41. The molecular formula is C13H12ClFO5. The van der Waals surface area contributed by atoms with Gasteiger partial charge in [0, 0.05) is 0 Å². The van der Waals surface area contributed by atoms with Crippen molar-refractivity contribution in [2.75, 3.05) is 0 Å². The second-order valence-electron chi connectivity index (χ2n) is 4.26. The first-order valence-electron chi connectivity index (χ1n) is 5.67. The highest BCUT2D eigenvalue weighted by Crippen LogP contribution is 2.29. The summed E-state index contributed by atoms with van der Waals surface area (Å²) in [5.41, 5.74) is -0.431. The molecular weight excluding hydrogens is 291 g/mol. The average Bonchev–Trinajstić information content (AvgIpc) is 2.31. The number of rotatable bonds is 6.